The zero-order valence-electron chi connectivity index (χ0n) is 13.1. The molecule has 1 fully saturated rings. The molecule has 3 N–H and O–H groups in total. The fourth-order valence-corrected chi connectivity index (χ4v) is 4.58. The van der Waals surface area contributed by atoms with E-state index in [1.54, 1.807) is 6.07 Å². The molecule has 1 aliphatic carbocycles. The van der Waals surface area contributed by atoms with Crippen LogP contribution in [0.5, 0.6) is 0 Å². The van der Waals surface area contributed by atoms with Crippen molar-refractivity contribution in [2.75, 3.05) is 0 Å². The lowest BCUT2D eigenvalue weighted by atomic mass is 9.79. The topological polar surface area (TPSA) is 72.2 Å². The van der Waals surface area contributed by atoms with Crippen LogP contribution in [-0.4, -0.2) is 14.5 Å². The molecule has 2 rings (SSSR count). The molecule has 0 amide bonds. The Morgan fingerprint density at radius 3 is 2.57 bits per heavy atom. The summed E-state index contributed by atoms with van der Waals surface area (Å²) in [6.45, 7) is 6.61. The highest BCUT2D eigenvalue weighted by atomic mass is 32.2. The van der Waals surface area contributed by atoms with Crippen molar-refractivity contribution in [2.24, 2.45) is 17.6 Å². The van der Waals surface area contributed by atoms with Crippen LogP contribution in [0, 0.1) is 18.8 Å². The van der Waals surface area contributed by atoms with Gasteiger partial charge in [0.25, 0.3) is 0 Å². The van der Waals surface area contributed by atoms with E-state index >= 15 is 0 Å². The Balaban J connectivity index is 2.19. The molecule has 0 aliphatic heterocycles. The van der Waals surface area contributed by atoms with Gasteiger partial charge in [-0.05, 0) is 55.2 Å². The van der Waals surface area contributed by atoms with Crippen LogP contribution < -0.4 is 10.5 Å². The summed E-state index contributed by atoms with van der Waals surface area (Å²) in [6, 6.07) is 5.43. The smallest absolute Gasteiger partial charge is 0.241 e. The van der Waals surface area contributed by atoms with Gasteiger partial charge in [-0.2, -0.15) is 0 Å². The van der Waals surface area contributed by atoms with E-state index < -0.39 is 10.0 Å². The second kappa shape index (κ2) is 6.46. The summed E-state index contributed by atoms with van der Waals surface area (Å²) in [5, 5.41) is 0. The van der Waals surface area contributed by atoms with Gasteiger partial charge in [0.15, 0.2) is 0 Å². The highest BCUT2D eigenvalue weighted by Crippen LogP contribution is 2.30. The fraction of sp³-hybridized carbons (Fsp3) is 0.625. The maximum atomic E-state index is 12.6. The molecule has 0 bridgehead atoms. The number of sulfonamides is 1. The molecule has 1 aromatic rings. The summed E-state index contributed by atoms with van der Waals surface area (Å²) in [6.07, 6.45) is 2.91. The van der Waals surface area contributed by atoms with E-state index in [-0.39, 0.29) is 6.04 Å². The number of hydrogen-bond acceptors (Lipinski definition) is 3. The van der Waals surface area contributed by atoms with Crippen molar-refractivity contribution in [3.63, 3.8) is 0 Å². The van der Waals surface area contributed by atoms with Crippen molar-refractivity contribution >= 4 is 10.0 Å². The van der Waals surface area contributed by atoms with Crippen LogP contribution in [0.1, 0.15) is 44.2 Å². The van der Waals surface area contributed by atoms with Gasteiger partial charge < -0.3 is 5.73 Å². The van der Waals surface area contributed by atoms with Gasteiger partial charge in [0.2, 0.25) is 10.0 Å². The standard InChI is InChI=1S/C16H26N2O2S/c1-11-5-7-15(8-13(11)3)18-21(19,20)16-9-14(10-17)6-4-12(16)2/h4,6,9,11,13,15,18H,5,7-8,10,17H2,1-3H3. The average molecular weight is 310 g/mol. The molecular weight excluding hydrogens is 284 g/mol. The lowest BCUT2D eigenvalue weighted by Crippen LogP contribution is -2.40. The predicted molar refractivity (Wildman–Crippen MR) is 85.4 cm³/mol. The molecule has 5 heteroatoms. The van der Waals surface area contributed by atoms with E-state index in [2.05, 4.69) is 18.6 Å². The second-order valence-corrected chi connectivity index (χ2v) is 8.07. The lowest BCUT2D eigenvalue weighted by molar-refractivity contribution is 0.242. The van der Waals surface area contributed by atoms with Crippen LogP contribution in [0.2, 0.25) is 0 Å². The van der Waals surface area contributed by atoms with Crippen molar-refractivity contribution in [1.82, 2.24) is 4.72 Å². The van der Waals surface area contributed by atoms with E-state index in [9.17, 15) is 8.42 Å². The molecule has 21 heavy (non-hydrogen) atoms. The number of aryl methyl sites for hydroxylation is 1. The van der Waals surface area contributed by atoms with E-state index in [4.69, 9.17) is 5.73 Å². The first-order valence-electron chi connectivity index (χ1n) is 7.65. The maximum absolute atomic E-state index is 12.6. The molecular formula is C16H26N2O2S. The number of nitrogens with one attached hydrogen (secondary N) is 1. The monoisotopic (exact) mass is 310 g/mol. The van der Waals surface area contributed by atoms with Gasteiger partial charge in [0, 0.05) is 12.6 Å². The third kappa shape index (κ3) is 3.84. The van der Waals surface area contributed by atoms with Gasteiger partial charge >= 0.3 is 0 Å². The third-order valence-corrected chi connectivity index (χ3v) is 6.36. The summed E-state index contributed by atoms with van der Waals surface area (Å²) < 4.78 is 28.1. The van der Waals surface area contributed by atoms with E-state index in [1.165, 1.54) is 0 Å². The minimum atomic E-state index is -3.47. The molecule has 1 aromatic carbocycles. The molecule has 0 saturated heterocycles. The summed E-state index contributed by atoms with van der Waals surface area (Å²) in [7, 11) is -3.47. The average Bonchev–Trinajstić information content (AvgIpc) is 2.43. The van der Waals surface area contributed by atoms with Gasteiger partial charge in [-0.25, -0.2) is 13.1 Å². The minimum Gasteiger partial charge on any atom is -0.326 e. The van der Waals surface area contributed by atoms with E-state index in [1.807, 2.05) is 19.1 Å². The van der Waals surface area contributed by atoms with Crippen molar-refractivity contribution in [3.8, 4) is 0 Å². The fourth-order valence-electron chi connectivity index (χ4n) is 3.00. The van der Waals surface area contributed by atoms with Crippen LogP contribution in [0.25, 0.3) is 0 Å². The van der Waals surface area contributed by atoms with Gasteiger partial charge in [-0.15, -0.1) is 0 Å². The van der Waals surface area contributed by atoms with Crippen LogP contribution in [-0.2, 0) is 16.6 Å². The number of benzene rings is 1. The Kier molecular flexibility index (Phi) is 5.07. The molecule has 118 valence electrons. The molecule has 0 spiro atoms. The van der Waals surface area contributed by atoms with Gasteiger partial charge in [-0.3, -0.25) is 0 Å². The molecule has 4 nitrogen and oxygen atoms in total. The SMILES string of the molecule is Cc1ccc(CN)cc1S(=O)(=O)NC1CCC(C)C(C)C1. The first-order chi connectivity index (χ1) is 9.83. The molecule has 1 aliphatic rings. The number of rotatable bonds is 4. The summed E-state index contributed by atoms with van der Waals surface area (Å²) >= 11 is 0. The molecule has 0 aromatic heterocycles. The molecule has 3 unspecified atom stereocenters. The number of hydrogen-bond donors (Lipinski definition) is 2. The lowest BCUT2D eigenvalue weighted by Gasteiger charge is -2.32. The summed E-state index contributed by atoms with van der Waals surface area (Å²) in [5.74, 6) is 1.23. The summed E-state index contributed by atoms with van der Waals surface area (Å²) in [5.41, 5.74) is 7.22. The highest BCUT2D eigenvalue weighted by Gasteiger charge is 2.28. The molecule has 0 heterocycles. The predicted octanol–water partition coefficient (Wildman–Crippen LogP) is 2.56. The highest BCUT2D eigenvalue weighted by molar-refractivity contribution is 7.89. The third-order valence-electron chi connectivity index (χ3n) is 4.70. The zero-order valence-corrected chi connectivity index (χ0v) is 13.9. The van der Waals surface area contributed by atoms with Gasteiger partial charge in [0.05, 0.1) is 4.90 Å². The van der Waals surface area contributed by atoms with Gasteiger partial charge in [0.1, 0.15) is 0 Å². The van der Waals surface area contributed by atoms with Crippen molar-refractivity contribution in [1.29, 1.82) is 0 Å². The first-order valence-corrected chi connectivity index (χ1v) is 9.13. The van der Waals surface area contributed by atoms with Crippen molar-refractivity contribution in [2.45, 2.75) is 57.5 Å². The van der Waals surface area contributed by atoms with Crippen LogP contribution >= 0.6 is 0 Å². The Morgan fingerprint density at radius 1 is 1.24 bits per heavy atom. The van der Waals surface area contributed by atoms with Crippen LogP contribution in [0.3, 0.4) is 0 Å². The normalized spacial score (nSPS) is 26.8. The van der Waals surface area contributed by atoms with Crippen molar-refractivity contribution in [3.05, 3.63) is 29.3 Å². The zero-order chi connectivity index (χ0) is 15.6. The Morgan fingerprint density at radius 2 is 1.95 bits per heavy atom. The molecule has 3 atom stereocenters. The first kappa shape index (κ1) is 16.5. The quantitative estimate of drug-likeness (QED) is 0.897. The number of nitrogens with two attached hydrogens (primary N) is 1. The Bertz CT molecular complexity index is 598. The Hall–Kier alpha value is -0.910. The van der Waals surface area contributed by atoms with Crippen LogP contribution in [0.15, 0.2) is 23.1 Å². The van der Waals surface area contributed by atoms with Crippen LogP contribution in [0.4, 0.5) is 0 Å². The minimum absolute atomic E-state index is 0.0436. The molecule has 1 saturated carbocycles. The Labute approximate surface area is 128 Å². The maximum Gasteiger partial charge on any atom is 0.241 e. The summed E-state index contributed by atoms with van der Waals surface area (Å²) in [4.78, 5) is 0.358. The molecule has 0 radical (unpaired) electrons. The van der Waals surface area contributed by atoms with E-state index in [0.717, 1.165) is 30.4 Å². The second-order valence-electron chi connectivity index (χ2n) is 6.39. The van der Waals surface area contributed by atoms with Crippen molar-refractivity contribution < 1.29 is 8.42 Å². The largest absolute Gasteiger partial charge is 0.326 e. The van der Waals surface area contributed by atoms with E-state index in [0.29, 0.717) is 23.3 Å². The van der Waals surface area contributed by atoms with Gasteiger partial charge in [-0.1, -0.05) is 26.0 Å².